The van der Waals surface area contributed by atoms with Crippen LogP contribution in [-0.2, 0) is 4.74 Å². The topological polar surface area (TPSA) is 47.7 Å². The van der Waals surface area contributed by atoms with E-state index < -0.39 is 0 Å². The summed E-state index contributed by atoms with van der Waals surface area (Å²) in [6.45, 7) is 7.04. The molecule has 1 unspecified atom stereocenters. The summed E-state index contributed by atoms with van der Waals surface area (Å²) >= 11 is 0. The molecule has 0 amide bonds. The first-order valence-corrected chi connectivity index (χ1v) is 7.01. The lowest BCUT2D eigenvalue weighted by molar-refractivity contribution is 0.00458. The number of hydrogen-bond acceptors (Lipinski definition) is 4. The minimum Gasteiger partial charge on any atom is -0.492 e. The van der Waals surface area contributed by atoms with Crippen molar-refractivity contribution >= 4 is 0 Å². The third-order valence-electron chi connectivity index (χ3n) is 3.53. The summed E-state index contributed by atoms with van der Waals surface area (Å²) in [5.74, 6) is 0.931. The van der Waals surface area contributed by atoms with E-state index in [0.29, 0.717) is 19.2 Å². The number of hydrogen-bond donors (Lipinski definition) is 1. The van der Waals surface area contributed by atoms with Crippen molar-refractivity contribution in [1.82, 2.24) is 4.90 Å². The fourth-order valence-corrected chi connectivity index (χ4v) is 2.33. The van der Waals surface area contributed by atoms with Gasteiger partial charge in [0.15, 0.2) is 0 Å². The molecule has 0 aliphatic carbocycles. The van der Waals surface area contributed by atoms with Crippen LogP contribution in [0, 0.1) is 6.92 Å². The molecule has 19 heavy (non-hydrogen) atoms. The molecule has 1 heterocycles. The van der Waals surface area contributed by atoms with Crippen LogP contribution in [0.4, 0.5) is 0 Å². The highest BCUT2D eigenvalue weighted by Gasteiger charge is 2.20. The lowest BCUT2D eigenvalue weighted by atomic mass is 10.1. The monoisotopic (exact) mass is 264 g/mol. The van der Waals surface area contributed by atoms with Crippen molar-refractivity contribution in [3.05, 3.63) is 29.8 Å². The number of nitrogens with two attached hydrogens (primary N) is 1. The minimum atomic E-state index is 0.384. The molecule has 1 fully saturated rings. The number of ether oxygens (including phenoxy) is 2. The Morgan fingerprint density at radius 1 is 1.26 bits per heavy atom. The Morgan fingerprint density at radius 2 is 1.95 bits per heavy atom. The summed E-state index contributed by atoms with van der Waals surface area (Å²) in [7, 11) is 0. The van der Waals surface area contributed by atoms with Gasteiger partial charge >= 0.3 is 0 Å². The summed E-state index contributed by atoms with van der Waals surface area (Å²) in [6.07, 6.45) is 0.964. The maximum absolute atomic E-state index is 5.89. The maximum Gasteiger partial charge on any atom is 0.119 e. The Labute approximate surface area is 115 Å². The average molecular weight is 264 g/mol. The van der Waals surface area contributed by atoms with Crippen LogP contribution in [-0.4, -0.2) is 50.4 Å². The van der Waals surface area contributed by atoms with Crippen LogP contribution >= 0.6 is 0 Å². The molecule has 2 rings (SSSR count). The third-order valence-corrected chi connectivity index (χ3v) is 3.53. The SMILES string of the molecule is Cc1ccc(OCC(CCN)N2CCOCC2)cc1. The van der Waals surface area contributed by atoms with E-state index in [1.807, 2.05) is 12.1 Å². The Bertz CT molecular complexity index is 361. The second-order valence-corrected chi connectivity index (χ2v) is 5.00. The Kier molecular flexibility index (Phi) is 5.63. The van der Waals surface area contributed by atoms with E-state index in [-0.39, 0.29) is 0 Å². The Morgan fingerprint density at radius 3 is 2.58 bits per heavy atom. The van der Waals surface area contributed by atoms with Crippen molar-refractivity contribution in [2.45, 2.75) is 19.4 Å². The zero-order valence-corrected chi connectivity index (χ0v) is 11.7. The Hall–Kier alpha value is -1.10. The first-order chi connectivity index (χ1) is 9.29. The molecular weight excluding hydrogens is 240 g/mol. The maximum atomic E-state index is 5.89. The smallest absolute Gasteiger partial charge is 0.119 e. The molecule has 2 N–H and O–H groups in total. The molecule has 0 spiro atoms. The second kappa shape index (κ2) is 7.48. The number of benzene rings is 1. The zero-order chi connectivity index (χ0) is 13.5. The van der Waals surface area contributed by atoms with Gasteiger partial charge in [-0.05, 0) is 32.0 Å². The summed E-state index contributed by atoms with van der Waals surface area (Å²) in [6, 6.07) is 8.57. The minimum absolute atomic E-state index is 0.384. The van der Waals surface area contributed by atoms with Gasteiger partial charge in [-0.15, -0.1) is 0 Å². The summed E-state index contributed by atoms with van der Waals surface area (Å²) in [5, 5.41) is 0. The van der Waals surface area contributed by atoms with Crippen LogP contribution in [0.1, 0.15) is 12.0 Å². The molecule has 1 atom stereocenters. The van der Waals surface area contributed by atoms with Gasteiger partial charge in [-0.25, -0.2) is 0 Å². The molecule has 1 aliphatic heterocycles. The van der Waals surface area contributed by atoms with E-state index in [9.17, 15) is 0 Å². The first-order valence-electron chi connectivity index (χ1n) is 7.01. The largest absolute Gasteiger partial charge is 0.492 e. The predicted molar refractivity (Wildman–Crippen MR) is 76.5 cm³/mol. The van der Waals surface area contributed by atoms with Gasteiger partial charge in [0.2, 0.25) is 0 Å². The molecule has 1 saturated heterocycles. The van der Waals surface area contributed by atoms with Crippen LogP contribution in [0.2, 0.25) is 0 Å². The molecule has 0 radical (unpaired) electrons. The van der Waals surface area contributed by atoms with Gasteiger partial charge in [-0.2, -0.15) is 0 Å². The number of aryl methyl sites for hydroxylation is 1. The molecule has 4 nitrogen and oxygen atoms in total. The van der Waals surface area contributed by atoms with Gasteiger partial charge in [0.25, 0.3) is 0 Å². The molecule has 1 aliphatic rings. The van der Waals surface area contributed by atoms with Gasteiger partial charge in [0.05, 0.1) is 13.2 Å². The van der Waals surface area contributed by atoms with E-state index in [2.05, 4.69) is 24.0 Å². The van der Waals surface area contributed by atoms with Gasteiger partial charge in [-0.3, -0.25) is 4.90 Å². The van der Waals surface area contributed by atoms with Crippen molar-refractivity contribution in [2.24, 2.45) is 5.73 Å². The molecule has 0 aromatic heterocycles. The van der Waals surface area contributed by atoms with Crippen molar-refractivity contribution in [1.29, 1.82) is 0 Å². The molecule has 0 bridgehead atoms. The van der Waals surface area contributed by atoms with E-state index in [1.54, 1.807) is 0 Å². The van der Waals surface area contributed by atoms with Crippen LogP contribution < -0.4 is 10.5 Å². The van der Waals surface area contributed by atoms with Crippen molar-refractivity contribution in [3.8, 4) is 5.75 Å². The van der Waals surface area contributed by atoms with Crippen molar-refractivity contribution in [3.63, 3.8) is 0 Å². The molecular formula is C15H24N2O2. The molecule has 106 valence electrons. The third kappa shape index (κ3) is 4.49. The zero-order valence-electron chi connectivity index (χ0n) is 11.7. The Balaban J connectivity index is 1.87. The fourth-order valence-electron chi connectivity index (χ4n) is 2.33. The van der Waals surface area contributed by atoms with E-state index >= 15 is 0 Å². The quantitative estimate of drug-likeness (QED) is 0.844. The average Bonchev–Trinajstić information content (AvgIpc) is 2.46. The lowest BCUT2D eigenvalue weighted by Crippen LogP contribution is -2.47. The highest BCUT2D eigenvalue weighted by atomic mass is 16.5. The molecule has 1 aromatic rings. The van der Waals surface area contributed by atoms with Crippen molar-refractivity contribution in [2.75, 3.05) is 39.5 Å². The number of rotatable bonds is 6. The van der Waals surface area contributed by atoms with Gasteiger partial charge in [-0.1, -0.05) is 17.7 Å². The highest BCUT2D eigenvalue weighted by molar-refractivity contribution is 5.26. The van der Waals surface area contributed by atoms with Crippen LogP contribution in [0.25, 0.3) is 0 Å². The van der Waals surface area contributed by atoms with Crippen molar-refractivity contribution < 1.29 is 9.47 Å². The van der Waals surface area contributed by atoms with E-state index in [0.717, 1.165) is 38.5 Å². The second-order valence-electron chi connectivity index (χ2n) is 5.00. The van der Waals surface area contributed by atoms with Gasteiger partial charge < -0.3 is 15.2 Å². The fraction of sp³-hybridized carbons (Fsp3) is 0.600. The molecule has 4 heteroatoms. The summed E-state index contributed by atoms with van der Waals surface area (Å²) in [4.78, 5) is 2.42. The number of morpholine rings is 1. The van der Waals surface area contributed by atoms with Crippen LogP contribution in [0.3, 0.4) is 0 Å². The lowest BCUT2D eigenvalue weighted by Gasteiger charge is -2.34. The van der Waals surface area contributed by atoms with Crippen LogP contribution in [0.15, 0.2) is 24.3 Å². The molecule has 0 saturated carbocycles. The normalized spacial score (nSPS) is 18.2. The highest BCUT2D eigenvalue weighted by Crippen LogP contribution is 2.14. The molecule has 1 aromatic carbocycles. The summed E-state index contributed by atoms with van der Waals surface area (Å²) in [5.41, 5.74) is 6.96. The van der Waals surface area contributed by atoms with Gasteiger partial charge in [0.1, 0.15) is 12.4 Å². The van der Waals surface area contributed by atoms with Crippen LogP contribution in [0.5, 0.6) is 5.75 Å². The van der Waals surface area contributed by atoms with Gasteiger partial charge in [0, 0.05) is 19.1 Å². The van der Waals surface area contributed by atoms with E-state index in [1.165, 1.54) is 5.56 Å². The predicted octanol–water partition coefficient (Wildman–Crippen LogP) is 1.42. The number of nitrogens with zero attached hydrogens (tertiary/aromatic N) is 1. The van der Waals surface area contributed by atoms with E-state index in [4.69, 9.17) is 15.2 Å². The first kappa shape index (κ1) is 14.3. The summed E-state index contributed by atoms with van der Waals surface area (Å²) < 4.78 is 11.3. The standard InChI is InChI=1S/C15H24N2O2/c1-13-2-4-15(5-3-13)19-12-14(6-7-16)17-8-10-18-11-9-17/h2-5,14H,6-12,16H2,1H3.